The number of carbonyl (C=O) groups is 1. The summed E-state index contributed by atoms with van der Waals surface area (Å²) in [6.45, 7) is 3.05. The number of para-hydroxylation sites is 1. The predicted octanol–water partition coefficient (Wildman–Crippen LogP) is 3.55. The summed E-state index contributed by atoms with van der Waals surface area (Å²) in [6.07, 6.45) is 6.10. The standard InChI is InChI=1S/C18H20N2O/c1-14-6-5-11-20(17-9-3-2-8-16(14)17)18(21)12-15-7-4-10-19-13-15/h2-4,7-10,13-14H,5-6,11-12H2,1H3. The van der Waals surface area contributed by atoms with Crippen LogP contribution in [0.15, 0.2) is 48.8 Å². The van der Waals surface area contributed by atoms with Gasteiger partial charge in [0.25, 0.3) is 0 Å². The van der Waals surface area contributed by atoms with Gasteiger partial charge in [-0.1, -0.05) is 31.2 Å². The maximum Gasteiger partial charge on any atom is 0.231 e. The predicted molar refractivity (Wildman–Crippen MR) is 84.4 cm³/mol. The molecule has 0 aliphatic carbocycles. The van der Waals surface area contributed by atoms with E-state index < -0.39 is 0 Å². The van der Waals surface area contributed by atoms with Crippen LogP contribution < -0.4 is 4.90 Å². The van der Waals surface area contributed by atoms with Crippen molar-refractivity contribution >= 4 is 11.6 Å². The molecule has 1 atom stereocenters. The second-order valence-corrected chi connectivity index (χ2v) is 5.69. The number of hydrogen-bond acceptors (Lipinski definition) is 2. The molecule has 0 radical (unpaired) electrons. The molecule has 1 amide bonds. The molecule has 108 valence electrons. The van der Waals surface area contributed by atoms with Crippen molar-refractivity contribution in [3.05, 3.63) is 59.9 Å². The number of pyridine rings is 1. The Kier molecular flexibility index (Phi) is 4.00. The second kappa shape index (κ2) is 6.08. The lowest BCUT2D eigenvalue weighted by molar-refractivity contribution is -0.118. The van der Waals surface area contributed by atoms with Gasteiger partial charge < -0.3 is 4.90 Å². The number of fused-ring (bicyclic) bond motifs is 1. The molecule has 1 aromatic heterocycles. The minimum atomic E-state index is 0.157. The Bertz CT molecular complexity index is 624. The van der Waals surface area contributed by atoms with E-state index in [-0.39, 0.29) is 5.91 Å². The number of benzene rings is 1. The summed E-state index contributed by atoms with van der Waals surface area (Å²) in [4.78, 5) is 18.7. The average molecular weight is 280 g/mol. The molecule has 3 heteroatoms. The Morgan fingerprint density at radius 2 is 2.14 bits per heavy atom. The van der Waals surface area contributed by atoms with Crippen LogP contribution in [0.5, 0.6) is 0 Å². The topological polar surface area (TPSA) is 33.2 Å². The zero-order chi connectivity index (χ0) is 14.7. The highest BCUT2D eigenvalue weighted by atomic mass is 16.2. The highest BCUT2D eigenvalue weighted by Crippen LogP contribution is 2.34. The molecule has 1 aromatic carbocycles. The molecule has 0 saturated heterocycles. The van der Waals surface area contributed by atoms with E-state index in [1.165, 1.54) is 5.56 Å². The molecule has 2 aromatic rings. The van der Waals surface area contributed by atoms with E-state index in [4.69, 9.17) is 0 Å². The first-order valence-corrected chi connectivity index (χ1v) is 7.54. The van der Waals surface area contributed by atoms with Gasteiger partial charge >= 0.3 is 0 Å². The van der Waals surface area contributed by atoms with Crippen molar-refractivity contribution in [1.29, 1.82) is 0 Å². The van der Waals surface area contributed by atoms with Crippen LogP contribution in [-0.4, -0.2) is 17.4 Å². The first kappa shape index (κ1) is 13.8. The van der Waals surface area contributed by atoms with Gasteiger partial charge in [0.05, 0.1) is 6.42 Å². The van der Waals surface area contributed by atoms with Crippen LogP contribution in [0.2, 0.25) is 0 Å². The van der Waals surface area contributed by atoms with Crippen molar-refractivity contribution in [3.8, 4) is 0 Å². The Labute approximate surface area is 125 Å². The van der Waals surface area contributed by atoms with E-state index >= 15 is 0 Å². The van der Waals surface area contributed by atoms with Crippen LogP contribution in [-0.2, 0) is 11.2 Å². The summed E-state index contributed by atoms with van der Waals surface area (Å²) in [5.41, 5.74) is 3.34. The third kappa shape index (κ3) is 2.97. The zero-order valence-electron chi connectivity index (χ0n) is 12.3. The molecule has 2 heterocycles. The fraction of sp³-hybridized carbons (Fsp3) is 0.333. The number of rotatable bonds is 2. The van der Waals surface area contributed by atoms with Gasteiger partial charge in [-0.25, -0.2) is 0 Å². The highest BCUT2D eigenvalue weighted by Gasteiger charge is 2.24. The van der Waals surface area contributed by atoms with Crippen molar-refractivity contribution < 1.29 is 4.79 Å². The molecule has 0 saturated carbocycles. The van der Waals surface area contributed by atoms with Crippen LogP contribution in [0.1, 0.15) is 36.8 Å². The monoisotopic (exact) mass is 280 g/mol. The third-order valence-corrected chi connectivity index (χ3v) is 4.16. The summed E-state index contributed by atoms with van der Waals surface area (Å²) < 4.78 is 0. The van der Waals surface area contributed by atoms with E-state index in [0.29, 0.717) is 12.3 Å². The van der Waals surface area contributed by atoms with Gasteiger partial charge in [-0.2, -0.15) is 0 Å². The van der Waals surface area contributed by atoms with Crippen molar-refractivity contribution in [1.82, 2.24) is 4.98 Å². The van der Waals surface area contributed by atoms with Crippen LogP contribution in [0, 0.1) is 0 Å². The molecule has 3 rings (SSSR count). The minimum Gasteiger partial charge on any atom is -0.312 e. The molecule has 0 fully saturated rings. The maximum absolute atomic E-state index is 12.7. The van der Waals surface area contributed by atoms with E-state index in [9.17, 15) is 4.79 Å². The van der Waals surface area contributed by atoms with Gasteiger partial charge in [-0.3, -0.25) is 9.78 Å². The molecule has 21 heavy (non-hydrogen) atoms. The largest absolute Gasteiger partial charge is 0.312 e. The first-order valence-electron chi connectivity index (χ1n) is 7.54. The summed E-state index contributed by atoms with van der Waals surface area (Å²) in [6, 6.07) is 12.1. The van der Waals surface area contributed by atoms with Gasteiger partial charge in [-0.15, -0.1) is 0 Å². The molecule has 0 bridgehead atoms. The lowest BCUT2D eigenvalue weighted by Crippen LogP contribution is -2.33. The van der Waals surface area contributed by atoms with Crippen LogP contribution in [0.4, 0.5) is 5.69 Å². The van der Waals surface area contributed by atoms with Crippen molar-refractivity contribution in [2.75, 3.05) is 11.4 Å². The van der Waals surface area contributed by atoms with E-state index in [1.54, 1.807) is 12.4 Å². The molecular weight excluding hydrogens is 260 g/mol. The van der Waals surface area contributed by atoms with Crippen LogP contribution in [0.3, 0.4) is 0 Å². The third-order valence-electron chi connectivity index (χ3n) is 4.16. The molecule has 1 aliphatic rings. The zero-order valence-corrected chi connectivity index (χ0v) is 12.3. The van der Waals surface area contributed by atoms with E-state index in [1.807, 2.05) is 23.1 Å². The van der Waals surface area contributed by atoms with E-state index in [2.05, 4.69) is 30.1 Å². The van der Waals surface area contributed by atoms with Crippen LogP contribution >= 0.6 is 0 Å². The lowest BCUT2D eigenvalue weighted by atomic mass is 9.96. The normalized spacial score (nSPS) is 18.0. The summed E-state index contributed by atoms with van der Waals surface area (Å²) >= 11 is 0. The number of anilines is 1. The molecule has 1 aliphatic heterocycles. The van der Waals surface area contributed by atoms with Crippen molar-refractivity contribution in [2.24, 2.45) is 0 Å². The number of nitrogens with zero attached hydrogens (tertiary/aromatic N) is 2. The number of amides is 1. The van der Waals surface area contributed by atoms with Gasteiger partial charge in [0.1, 0.15) is 0 Å². The van der Waals surface area contributed by atoms with Crippen LogP contribution in [0.25, 0.3) is 0 Å². The number of aromatic nitrogens is 1. The van der Waals surface area contributed by atoms with Gasteiger partial charge in [-0.05, 0) is 42.0 Å². The Morgan fingerprint density at radius 3 is 2.95 bits per heavy atom. The van der Waals surface area contributed by atoms with Gasteiger partial charge in [0.15, 0.2) is 0 Å². The average Bonchev–Trinajstić information content (AvgIpc) is 2.68. The highest BCUT2D eigenvalue weighted by molar-refractivity contribution is 5.95. The SMILES string of the molecule is CC1CCCN(C(=O)Cc2cccnc2)c2ccccc21. The van der Waals surface area contributed by atoms with E-state index in [0.717, 1.165) is 30.6 Å². The fourth-order valence-electron chi connectivity index (χ4n) is 3.01. The van der Waals surface area contributed by atoms with Crippen molar-refractivity contribution in [3.63, 3.8) is 0 Å². The maximum atomic E-state index is 12.7. The second-order valence-electron chi connectivity index (χ2n) is 5.69. The molecule has 1 unspecified atom stereocenters. The fourth-order valence-corrected chi connectivity index (χ4v) is 3.01. The summed E-state index contributed by atoms with van der Waals surface area (Å²) in [5, 5.41) is 0. The Hall–Kier alpha value is -2.16. The minimum absolute atomic E-state index is 0.157. The smallest absolute Gasteiger partial charge is 0.231 e. The summed E-state index contributed by atoms with van der Waals surface area (Å²) in [7, 11) is 0. The number of hydrogen-bond donors (Lipinski definition) is 0. The van der Waals surface area contributed by atoms with Gasteiger partial charge in [0.2, 0.25) is 5.91 Å². The van der Waals surface area contributed by atoms with Gasteiger partial charge in [0, 0.05) is 24.6 Å². The molecule has 0 spiro atoms. The van der Waals surface area contributed by atoms with Crippen molar-refractivity contribution in [2.45, 2.75) is 32.1 Å². The molecule has 3 nitrogen and oxygen atoms in total. The Balaban J connectivity index is 1.87. The Morgan fingerprint density at radius 1 is 1.29 bits per heavy atom. The number of carbonyl (C=O) groups excluding carboxylic acids is 1. The lowest BCUT2D eigenvalue weighted by Gasteiger charge is -2.23. The molecular formula is C18H20N2O. The quantitative estimate of drug-likeness (QED) is 0.842. The first-order chi connectivity index (χ1) is 10.3. The summed E-state index contributed by atoms with van der Waals surface area (Å²) in [5.74, 6) is 0.668. The molecule has 0 N–H and O–H groups in total.